The fraction of sp³-hybridized carbons (Fsp3) is 0.929. The van der Waals surface area contributed by atoms with E-state index in [2.05, 4.69) is 12.2 Å². The second kappa shape index (κ2) is 6.29. The van der Waals surface area contributed by atoms with Gasteiger partial charge in [0, 0.05) is 11.8 Å². The van der Waals surface area contributed by atoms with Gasteiger partial charge in [-0.15, -0.1) is 0 Å². The van der Waals surface area contributed by atoms with Crippen molar-refractivity contribution >= 4 is 17.7 Å². The summed E-state index contributed by atoms with van der Waals surface area (Å²) in [6, 6.07) is 0.553. The number of carbonyl (C=O) groups excluding carboxylic acids is 1. The summed E-state index contributed by atoms with van der Waals surface area (Å²) in [4.78, 5) is 12.4. The molecule has 0 radical (unpaired) electrons. The highest BCUT2D eigenvalue weighted by Gasteiger charge is 2.53. The lowest BCUT2D eigenvalue weighted by atomic mass is 9.95. The highest BCUT2D eigenvalue weighted by molar-refractivity contribution is 7.99. The fourth-order valence-corrected chi connectivity index (χ4v) is 3.56. The Kier molecular flexibility index (Phi) is 4.96. The van der Waals surface area contributed by atoms with Gasteiger partial charge in [-0.2, -0.15) is 11.8 Å². The van der Waals surface area contributed by atoms with Crippen LogP contribution in [0, 0.1) is 5.92 Å². The van der Waals surface area contributed by atoms with E-state index in [0.717, 1.165) is 17.9 Å². The maximum absolute atomic E-state index is 12.4. The zero-order chi connectivity index (χ0) is 13.0. The summed E-state index contributed by atoms with van der Waals surface area (Å²) >= 11 is 1.89. The average molecular weight is 271 g/mol. The Morgan fingerprint density at radius 1 is 1.33 bits per heavy atom. The van der Waals surface area contributed by atoms with Crippen LogP contribution in [0.15, 0.2) is 0 Å². The average Bonchev–Trinajstić information content (AvgIpc) is 3.21. The first-order chi connectivity index (χ1) is 8.73. The first-order valence-electron chi connectivity index (χ1n) is 7.25. The Bertz CT molecular complexity index is 290. The van der Waals surface area contributed by atoms with Gasteiger partial charge < -0.3 is 4.74 Å². The minimum atomic E-state index is -0.392. The molecule has 4 heteroatoms. The number of hydrogen-bond donors (Lipinski definition) is 1. The van der Waals surface area contributed by atoms with E-state index < -0.39 is 5.54 Å². The largest absolute Gasteiger partial charge is 0.465 e. The lowest BCUT2D eigenvalue weighted by Crippen LogP contribution is -2.58. The van der Waals surface area contributed by atoms with Crippen LogP contribution in [-0.4, -0.2) is 35.7 Å². The van der Waals surface area contributed by atoms with Gasteiger partial charge in [-0.05, 0) is 50.7 Å². The van der Waals surface area contributed by atoms with Gasteiger partial charge in [0.15, 0.2) is 0 Å². The molecule has 2 fully saturated rings. The summed E-state index contributed by atoms with van der Waals surface area (Å²) in [6.45, 7) is 4.56. The van der Waals surface area contributed by atoms with Gasteiger partial charge in [-0.1, -0.05) is 6.92 Å². The molecule has 0 bridgehead atoms. The third-order valence-electron chi connectivity index (χ3n) is 3.63. The summed E-state index contributed by atoms with van der Waals surface area (Å²) in [5.41, 5.74) is -0.392. The second-order valence-corrected chi connectivity index (χ2v) is 6.54. The van der Waals surface area contributed by atoms with E-state index in [1.54, 1.807) is 0 Å². The van der Waals surface area contributed by atoms with Crippen LogP contribution in [0.1, 0.15) is 46.0 Å². The van der Waals surface area contributed by atoms with Crippen molar-refractivity contribution in [2.75, 3.05) is 18.1 Å². The number of ether oxygens (including phenoxy) is 1. The van der Waals surface area contributed by atoms with E-state index in [1.165, 1.54) is 25.7 Å². The molecule has 18 heavy (non-hydrogen) atoms. The molecule has 1 N–H and O–H groups in total. The van der Waals surface area contributed by atoms with Crippen molar-refractivity contribution in [2.24, 2.45) is 5.92 Å². The zero-order valence-corrected chi connectivity index (χ0v) is 12.4. The quantitative estimate of drug-likeness (QED) is 0.517. The lowest BCUT2D eigenvalue weighted by molar-refractivity contribution is -0.151. The Morgan fingerprint density at radius 2 is 2.06 bits per heavy atom. The summed E-state index contributed by atoms with van der Waals surface area (Å²) < 4.78 is 5.35. The van der Waals surface area contributed by atoms with Crippen LogP contribution in [0.5, 0.6) is 0 Å². The molecule has 0 aliphatic heterocycles. The number of carbonyl (C=O) groups is 1. The van der Waals surface area contributed by atoms with Crippen LogP contribution in [-0.2, 0) is 9.53 Å². The second-order valence-electron chi connectivity index (χ2n) is 5.44. The minimum Gasteiger partial charge on any atom is -0.465 e. The highest BCUT2D eigenvalue weighted by Crippen LogP contribution is 2.44. The molecule has 0 aromatic carbocycles. The number of nitrogens with one attached hydrogen (secondary N) is 1. The SMILES string of the molecule is CCCSCC(NC1CC1)(C(=O)OCC)C1CC1. The van der Waals surface area contributed by atoms with Crippen molar-refractivity contribution in [1.29, 1.82) is 0 Å². The maximum Gasteiger partial charge on any atom is 0.327 e. The number of esters is 1. The molecule has 0 aromatic heterocycles. The van der Waals surface area contributed by atoms with Crippen LogP contribution < -0.4 is 5.32 Å². The monoisotopic (exact) mass is 271 g/mol. The van der Waals surface area contributed by atoms with Crippen molar-refractivity contribution in [3.05, 3.63) is 0 Å². The minimum absolute atomic E-state index is 0.0111. The summed E-state index contributed by atoms with van der Waals surface area (Å²) in [5.74, 6) is 2.49. The Balaban J connectivity index is 2.02. The number of thioether (sulfide) groups is 1. The van der Waals surface area contributed by atoms with Crippen LogP contribution >= 0.6 is 11.8 Å². The van der Waals surface area contributed by atoms with Gasteiger partial charge in [-0.3, -0.25) is 10.1 Å². The molecule has 0 saturated heterocycles. The molecule has 3 nitrogen and oxygen atoms in total. The first kappa shape index (κ1) is 14.2. The molecule has 0 heterocycles. The molecular weight excluding hydrogens is 246 g/mol. The van der Waals surface area contributed by atoms with Crippen LogP contribution in [0.25, 0.3) is 0 Å². The standard InChI is InChI=1S/C14H25NO2S/c1-3-9-18-10-14(11-5-6-11,13(16)17-4-2)15-12-7-8-12/h11-12,15H,3-10H2,1-2H3. The fourth-order valence-electron chi connectivity index (χ4n) is 2.37. The molecule has 2 saturated carbocycles. The third kappa shape index (κ3) is 3.41. The molecular formula is C14H25NO2S. The molecule has 1 unspecified atom stereocenters. The molecule has 0 aromatic rings. The topological polar surface area (TPSA) is 38.3 Å². The lowest BCUT2D eigenvalue weighted by Gasteiger charge is -2.32. The van der Waals surface area contributed by atoms with Gasteiger partial charge in [0.1, 0.15) is 5.54 Å². The van der Waals surface area contributed by atoms with E-state index in [4.69, 9.17) is 4.74 Å². The van der Waals surface area contributed by atoms with Crippen LogP contribution in [0.3, 0.4) is 0 Å². The normalized spacial score (nSPS) is 22.6. The van der Waals surface area contributed by atoms with Crippen molar-refractivity contribution in [1.82, 2.24) is 5.32 Å². The molecule has 2 aliphatic rings. The number of rotatable bonds is 9. The van der Waals surface area contributed by atoms with Gasteiger partial charge >= 0.3 is 5.97 Å². The predicted octanol–water partition coefficient (Wildman–Crippen LogP) is 2.59. The Hall–Kier alpha value is -0.220. The summed E-state index contributed by atoms with van der Waals surface area (Å²) in [6.07, 6.45) is 5.94. The zero-order valence-electron chi connectivity index (χ0n) is 11.5. The maximum atomic E-state index is 12.4. The van der Waals surface area contributed by atoms with E-state index in [-0.39, 0.29) is 5.97 Å². The van der Waals surface area contributed by atoms with Crippen LogP contribution in [0.2, 0.25) is 0 Å². The molecule has 0 spiro atoms. The van der Waals surface area contributed by atoms with E-state index >= 15 is 0 Å². The van der Waals surface area contributed by atoms with Crippen molar-refractivity contribution < 1.29 is 9.53 Å². The van der Waals surface area contributed by atoms with Gasteiger partial charge in [0.25, 0.3) is 0 Å². The Morgan fingerprint density at radius 3 is 2.56 bits per heavy atom. The molecule has 104 valence electrons. The van der Waals surface area contributed by atoms with Crippen LogP contribution in [0.4, 0.5) is 0 Å². The molecule has 2 rings (SSSR count). The first-order valence-corrected chi connectivity index (χ1v) is 8.41. The van der Waals surface area contributed by atoms with Crippen molar-refractivity contribution in [3.8, 4) is 0 Å². The molecule has 1 atom stereocenters. The van der Waals surface area contributed by atoms with E-state index in [1.807, 2.05) is 18.7 Å². The van der Waals surface area contributed by atoms with Crippen molar-refractivity contribution in [3.63, 3.8) is 0 Å². The van der Waals surface area contributed by atoms with Crippen molar-refractivity contribution in [2.45, 2.75) is 57.5 Å². The number of hydrogen-bond acceptors (Lipinski definition) is 4. The third-order valence-corrected chi connectivity index (χ3v) is 4.99. The Labute approximate surface area is 114 Å². The summed E-state index contributed by atoms with van der Waals surface area (Å²) in [5, 5.41) is 3.61. The van der Waals surface area contributed by atoms with E-state index in [9.17, 15) is 4.79 Å². The smallest absolute Gasteiger partial charge is 0.327 e. The molecule has 2 aliphatic carbocycles. The van der Waals surface area contributed by atoms with E-state index in [0.29, 0.717) is 18.6 Å². The van der Waals surface area contributed by atoms with Gasteiger partial charge in [0.05, 0.1) is 6.61 Å². The van der Waals surface area contributed by atoms with Gasteiger partial charge in [0.2, 0.25) is 0 Å². The highest BCUT2D eigenvalue weighted by atomic mass is 32.2. The molecule has 0 amide bonds. The predicted molar refractivity (Wildman–Crippen MR) is 75.9 cm³/mol. The van der Waals surface area contributed by atoms with Gasteiger partial charge in [-0.25, -0.2) is 0 Å². The summed E-state index contributed by atoms with van der Waals surface area (Å²) in [7, 11) is 0.